The second-order valence-corrected chi connectivity index (χ2v) is 9.36. The molecule has 1 aromatic heterocycles. The number of benzene rings is 3. The van der Waals surface area contributed by atoms with Crippen LogP contribution in [-0.2, 0) is 16.2 Å². The number of nitrogens with one attached hydrogen (secondary N) is 2. The van der Waals surface area contributed by atoms with Crippen molar-refractivity contribution in [3.8, 4) is 17.6 Å². The predicted molar refractivity (Wildman–Crippen MR) is 168 cm³/mol. The van der Waals surface area contributed by atoms with E-state index in [0.29, 0.717) is 46.8 Å². The van der Waals surface area contributed by atoms with Crippen LogP contribution in [0.25, 0.3) is 10.9 Å². The minimum absolute atomic E-state index is 0. The fourth-order valence-corrected chi connectivity index (χ4v) is 4.34. The van der Waals surface area contributed by atoms with E-state index in [2.05, 4.69) is 37.6 Å². The molecule has 220 valence electrons. The number of anilines is 2. The third-order valence-electron chi connectivity index (χ3n) is 6.05. The molecule has 0 aliphatic carbocycles. The number of halogens is 4. The first-order valence-electron chi connectivity index (χ1n) is 12.7. The Morgan fingerprint density at radius 3 is 2.81 bits per heavy atom. The number of nitrogens with zero attached hydrogens (tertiary/aromatic N) is 3. The maximum atomic E-state index is 13.4. The molecule has 1 atom stereocenters. The summed E-state index contributed by atoms with van der Waals surface area (Å²) in [5, 5.41) is 12.0. The van der Waals surface area contributed by atoms with Crippen molar-refractivity contribution in [1.82, 2.24) is 15.3 Å². The standard InChI is InChI=1S/C30H27ClFN5O3.2ClH/c1-2-4-27(37-40-18-24-16-33-11-12-38-24)21-7-9-28-25(14-21)30(35-19-34-28)36-23-8-10-29(26(31)15-23)39-17-20-5-3-6-22(32)13-20;;/h3,5-10,13-15,19,24,33H,11-12,16-18H2,1H3,(H,34,35,36);2*1H/b37-27+;;/t24-;;/m0../s1. The van der Waals surface area contributed by atoms with Crippen LogP contribution in [0.2, 0.25) is 5.02 Å². The molecule has 0 radical (unpaired) electrons. The maximum absolute atomic E-state index is 13.4. The number of oxime groups is 1. The molecule has 12 heteroatoms. The Labute approximate surface area is 260 Å². The minimum atomic E-state index is -0.314. The van der Waals surface area contributed by atoms with Gasteiger partial charge in [0.2, 0.25) is 0 Å². The number of ether oxygens (including phenoxy) is 2. The lowest BCUT2D eigenvalue weighted by Gasteiger charge is -2.22. The van der Waals surface area contributed by atoms with Gasteiger partial charge in [-0.2, -0.15) is 0 Å². The zero-order chi connectivity index (χ0) is 27.7. The van der Waals surface area contributed by atoms with Crippen molar-refractivity contribution in [3.63, 3.8) is 0 Å². The van der Waals surface area contributed by atoms with Gasteiger partial charge in [-0.25, -0.2) is 14.4 Å². The van der Waals surface area contributed by atoms with Gasteiger partial charge < -0.3 is 24.9 Å². The highest BCUT2D eigenvalue weighted by molar-refractivity contribution is 6.32. The van der Waals surface area contributed by atoms with Crippen LogP contribution < -0.4 is 15.4 Å². The Balaban J connectivity index is 0.00000242. The summed E-state index contributed by atoms with van der Waals surface area (Å²) < 4.78 is 24.9. The first-order chi connectivity index (χ1) is 19.6. The normalized spacial score (nSPS) is 14.5. The first-order valence-corrected chi connectivity index (χ1v) is 13.1. The highest BCUT2D eigenvalue weighted by Gasteiger charge is 2.15. The third-order valence-corrected chi connectivity index (χ3v) is 6.35. The summed E-state index contributed by atoms with van der Waals surface area (Å²) in [5.41, 5.74) is 3.42. The van der Waals surface area contributed by atoms with Crippen molar-refractivity contribution in [2.45, 2.75) is 19.6 Å². The summed E-state index contributed by atoms with van der Waals surface area (Å²) in [4.78, 5) is 14.4. The van der Waals surface area contributed by atoms with E-state index in [9.17, 15) is 4.39 Å². The van der Waals surface area contributed by atoms with E-state index in [1.165, 1.54) is 18.5 Å². The van der Waals surface area contributed by atoms with E-state index in [0.717, 1.165) is 29.6 Å². The Hall–Kier alpha value is -3.65. The molecule has 3 aromatic carbocycles. The van der Waals surface area contributed by atoms with Crippen LogP contribution in [0.3, 0.4) is 0 Å². The Kier molecular flexibility index (Phi) is 12.6. The van der Waals surface area contributed by atoms with Gasteiger partial charge in [-0.1, -0.05) is 34.8 Å². The summed E-state index contributed by atoms with van der Waals surface area (Å²) in [5.74, 6) is 6.67. The molecule has 0 spiro atoms. The fourth-order valence-electron chi connectivity index (χ4n) is 4.10. The van der Waals surface area contributed by atoms with Crippen LogP contribution in [0.4, 0.5) is 15.9 Å². The van der Waals surface area contributed by atoms with Crippen LogP contribution in [0.1, 0.15) is 18.1 Å². The van der Waals surface area contributed by atoms with Gasteiger partial charge in [-0.3, -0.25) is 0 Å². The van der Waals surface area contributed by atoms with E-state index < -0.39 is 0 Å². The molecule has 0 unspecified atom stereocenters. The molecule has 1 fully saturated rings. The SMILES string of the molecule is CC#C/C(=N\OC[C@@H]1CNCCO1)c1ccc2ncnc(Nc3ccc(OCc4cccc(F)c4)c(Cl)c3)c2c1.Cl.Cl. The molecule has 0 saturated carbocycles. The molecule has 2 heterocycles. The molecular weight excluding hydrogens is 604 g/mol. The molecule has 1 aliphatic heterocycles. The molecule has 4 aromatic rings. The smallest absolute Gasteiger partial charge is 0.159 e. The largest absolute Gasteiger partial charge is 0.487 e. The van der Waals surface area contributed by atoms with E-state index in [1.54, 1.807) is 31.2 Å². The highest BCUT2D eigenvalue weighted by Crippen LogP contribution is 2.31. The predicted octanol–water partition coefficient (Wildman–Crippen LogP) is 6.32. The zero-order valence-corrected chi connectivity index (χ0v) is 25.0. The number of aromatic nitrogens is 2. The van der Waals surface area contributed by atoms with Gasteiger partial charge in [0.15, 0.2) is 5.71 Å². The van der Waals surface area contributed by atoms with Crippen LogP contribution in [0.15, 0.2) is 72.1 Å². The molecule has 2 N–H and O–H groups in total. The quantitative estimate of drug-likeness (QED) is 0.127. The van der Waals surface area contributed by atoms with Gasteiger partial charge in [-0.05, 0) is 66.9 Å². The van der Waals surface area contributed by atoms with E-state index in [-0.39, 0.29) is 43.3 Å². The number of hydrogen-bond donors (Lipinski definition) is 2. The Morgan fingerprint density at radius 2 is 2.05 bits per heavy atom. The van der Waals surface area contributed by atoms with Crippen molar-refractivity contribution < 1.29 is 18.7 Å². The topological polar surface area (TPSA) is 89.9 Å². The van der Waals surface area contributed by atoms with Crippen molar-refractivity contribution >= 4 is 64.5 Å². The third kappa shape index (κ3) is 8.68. The number of hydrogen-bond acceptors (Lipinski definition) is 8. The summed E-state index contributed by atoms with van der Waals surface area (Å²) >= 11 is 6.49. The maximum Gasteiger partial charge on any atom is 0.159 e. The van der Waals surface area contributed by atoms with Crippen LogP contribution in [-0.4, -0.2) is 48.1 Å². The van der Waals surface area contributed by atoms with Gasteiger partial charge in [0.05, 0.1) is 17.1 Å². The minimum Gasteiger partial charge on any atom is -0.487 e. The number of rotatable bonds is 9. The molecule has 0 amide bonds. The summed E-state index contributed by atoms with van der Waals surface area (Å²) in [7, 11) is 0. The second-order valence-electron chi connectivity index (χ2n) is 8.95. The zero-order valence-electron chi connectivity index (χ0n) is 22.6. The van der Waals surface area contributed by atoms with Crippen LogP contribution in [0.5, 0.6) is 5.75 Å². The van der Waals surface area contributed by atoms with Gasteiger partial charge in [0, 0.05) is 29.7 Å². The Morgan fingerprint density at radius 1 is 1.17 bits per heavy atom. The monoisotopic (exact) mass is 631 g/mol. The summed E-state index contributed by atoms with van der Waals surface area (Å²) in [6.45, 7) is 4.47. The molecule has 8 nitrogen and oxygen atoms in total. The van der Waals surface area contributed by atoms with E-state index in [1.807, 2.05) is 24.3 Å². The highest BCUT2D eigenvalue weighted by atomic mass is 35.5. The average molecular weight is 633 g/mol. The lowest BCUT2D eigenvalue weighted by Crippen LogP contribution is -2.40. The molecule has 0 bridgehead atoms. The number of morpholine rings is 1. The van der Waals surface area contributed by atoms with Gasteiger partial charge >= 0.3 is 0 Å². The lowest BCUT2D eigenvalue weighted by atomic mass is 10.1. The number of fused-ring (bicyclic) bond motifs is 1. The van der Waals surface area contributed by atoms with Gasteiger partial charge in [0.1, 0.15) is 43.0 Å². The lowest BCUT2D eigenvalue weighted by molar-refractivity contribution is -0.0300. The fraction of sp³-hybridized carbons (Fsp3) is 0.233. The van der Waals surface area contributed by atoms with Crippen molar-refractivity contribution in [3.05, 3.63) is 89.0 Å². The van der Waals surface area contributed by atoms with Crippen molar-refractivity contribution in [2.75, 3.05) is 31.6 Å². The summed E-state index contributed by atoms with van der Waals surface area (Å²) in [6.07, 6.45) is 1.43. The second kappa shape index (κ2) is 16.1. The molecule has 5 rings (SSSR count). The van der Waals surface area contributed by atoms with Crippen LogP contribution in [0, 0.1) is 17.7 Å². The molecule has 1 saturated heterocycles. The van der Waals surface area contributed by atoms with Crippen molar-refractivity contribution in [1.29, 1.82) is 0 Å². The Bertz CT molecular complexity index is 1590. The first kappa shape index (κ1) is 32.9. The van der Waals surface area contributed by atoms with Gasteiger partial charge in [0.25, 0.3) is 0 Å². The van der Waals surface area contributed by atoms with Gasteiger partial charge in [-0.15, -0.1) is 24.8 Å². The average Bonchev–Trinajstić information content (AvgIpc) is 2.97. The summed E-state index contributed by atoms with van der Waals surface area (Å²) in [6, 6.07) is 17.3. The van der Waals surface area contributed by atoms with Crippen LogP contribution >= 0.6 is 36.4 Å². The van der Waals surface area contributed by atoms with Crippen molar-refractivity contribution in [2.24, 2.45) is 5.16 Å². The molecule has 42 heavy (non-hydrogen) atoms. The molecule has 1 aliphatic rings. The van der Waals surface area contributed by atoms with E-state index in [4.69, 9.17) is 25.9 Å². The molecular formula is C30H29Cl3FN5O3. The van der Waals surface area contributed by atoms with E-state index >= 15 is 0 Å².